The first-order chi connectivity index (χ1) is 9.43. The van der Waals surface area contributed by atoms with E-state index in [0.717, 1.165) is 35.0 Å². The number of Topliss-reactive ketones (excluding diaryl/α,β-unsaturated/α-hetero) is 1. The summed E-state index contributed by atoms with van der Waals surface area (Å²) in [5, 5.41) is 0. The van der Waals surface area contributed by atoms with Crippen molar-refractivity contribution in [1.29, 1.82) is 0 Å². The van der Waals surface area contributed by atoms with Crippen molar-refractivity contribution in [3.8, 4) is 5.75 Å². The zero-order chi connectivity index (χ0) is 15.1. The third-order valence-electron chi connectivity index (χ3n) is 3.45. The number of hydrogen-bond acceptors (Lipinski definition) is 3. The molecule has 0 aliphatic heterocycles. The van der Waals surface area contributed by atoms with Crippen LogP contribution in [0.25, 0.3) is 0 Å². The highest BCUT2D eigenvalue weighted by Gasteiger charge is 2.16. The van der Waals surface area contributed by atoms with E-state index in [0.29, 0.717) is 6.42 Å². The molecule has 1 aromatic rings. The van der Waals surface area contributed by atoms with Crippen LogP contribution in [0, 0.1) is 5.92 Å². The number of rotatable bonds is 8. The lowest BCUT2D eigenvalue weighted by Gasteiger charge is -2.13. The molecule has 0 radical (unpaired) electrons. The Balaban J connectivity index is 2.59. The van der Waals surface area contributed by atoms with Gasteiger partial charge in [0.1, 0.15) is 11.5 Å². The number of carbonyl (C=O) groups excluding carboxylic acids is 1. The zero-order valence-corrected chi connectivity index (χ0v) is 14.1. The Morgan fingerprint density at radius 2 is 2.05 bits per heavy atom. The molecule has 0 aliphatic carbocycles. The summed E-state index contributed by atoms with van der Waals surface area (Å²) < 4.78 is 6.27. The van der Waals surface area contributed by atoms with E-state index in [1.54, 1.807) is 7.11 Å². The van der Waals surface area contributed by atoms with Crippen molar-refractivity contribution in [2.24, 2.45) is 11.7 Å². The first kappa shape index (κ1) is 17.2. The van der Waals surface area contributed by atoms with Crippen LogP contribution in [0.4, 0.5) is 0 Å². The van der Waals surface area contributed by atoms with E-state index < -0.39 is 0 Å². The number of nitrogens with two attached hydrogens (primary N) is 1. The van der Waals surface area contributed by atoms with Gasteiger partial charge in [-0.1, -0.05) is 29.3 Å². The highest BCUT2D eigenvalue weighted by Crippen LogP contribution is 2.25. The van der Waals surface area contributed by atoms with E-state index in [-0.39, 0.29) is 17.7 Å². The van der Waals surface area contributed by atoms with Crippen LogP contribution in [0.1, 0.15) is 38.7 Å². The Bertz CT molecular complexity index is 446. The standard InChI is InChI=1S/C16H24BrNO2/c1-11(5-4-6-12(2)18)15(19)10-13-9-14(17)7-8-16(13)20-3/h7-9,11-12H,4-6,10,18H2,1-3H3. The monoisotopic (exact) mass is 341 g/mol. The predicted molar refractivity (Wildman–Crippen MR) is 86.1 cm³/mol. The van der Waals surface area contributed by atoms with E-state index in [1.807, 2.05) is 32.0 Å². The Hall–Kier alpha value is -0.870. The minimum atomic E-state index is 0.0671. The fraction of sp³-hybridized carbons (Fsp3) is 0.562. The van der Waals surface area contributed by atoms with Gasteiger partial charge in [-0.05, 0) is 38.0 Å². The third kappa shape index (κ3) is 5.63. The van der Waals surface area contributed by atoms with Crippen LogP contribution in [0.15, 0.2) is 22.7 Å². The predicted octanol–water partition coefficient (Wildman–Crippen LogP) is 3.72. The molecule has 112 valence electrons. The number of ether oxygens (including phenoxy) is 1. The Labute approximate surface area is 130 Å². The maximum absolute atomic E-state index is 12.3. The largest absolute Gasteiger partial charge is 0.496 e. The molecule has 2 unspecified atom stereocenters. The van der Waals surface area contributed by atoms with Gasteiger partial charge >= 0.3 is 0 Å². The number of benzene rings is 1. The van der Waals surface area contributed by atoms with E-state index >= 15 is 0 Å². The van der Waals surface area contributed by atoms with Gasteiger partial charge < -0.3 is 10.5 Å². The minimum Gasteiger partial charge on any atom is -0.496 e. The molecule has 0 fully saturated rings. The summed E-state index contributed by atoms with van der Waals surface area (Å²) in [6.45, 7) is 3.99. The summed E-state index contributed by atoms with van der Waals surface area (Å²) in [5.41, 5.74) is 6.66. The molecule has 0 spiro atoms. The molecule has 0 bridgehead atoms. The van der Waals surface area contributed by atoms with Crippen LogP contribution < -0.4 is 10.5 Å². The second-order valence-corrected chi connectivity index (χ2v) is 6.32. The zero-order valence-electron chi connectivity index (χ0n) is 12.5. The fourth-order valence-corrected chi connectivity index (χ4v) is 2.56. The maximum Gasteiger partial charge on any atom is 0.140 e. The van der Waals surface area contributed by atoms with Crippen LogP contribution in [0.2, 0.25) is 0 Å². The van der Waals surface area contributed by atoms with Crippen molar-refractivity contribution in [1.82, 2.24) is 0 Å². The van der Waals surface area contributed by atoms with Gasteiger partial charge in [0.15, 0.2) is 0 Å². The Kier molecular flexibility index (Phi) is 7.24. The molecule has 0 aliphatic rings. The smallest absolute Gasteiger partial charge is 0.140 e. The molecule has 0 amide bonds. The second kappa shape index (κ2) is 8.42. The van der Waals surface area contributed by atoms with E-state index in [1.165, 1.54) is 0 Å². The van der Waals surface area contributed by atoms with Crippen molar-refractivity contribution in [3.05, 3.63) is 28.2 Å². The molecule has 3 nitrogen and oxygen atoms in total. The lowest BCUT2D eigenvalue weighted by Crippen LogP contribution is -2.17. The van der Waals surface area contributed by atoms with Gasteiger partial charge in [-0.3, -0.25) is 4.79 Å². The molecular formula is C16H24BrNO2. The van der Waals surface area contributed by atoms with Crippen LogP contribution in [-0.2, 0) is 11.2 Å². The summed E-state index contributed by atoms with van der Waals surface area (Å²) >= 11 is 3.43. The summed E-state index contributed by atoms with van der Waals surface area (Å²) in [6.07, 6.45) is 3.29. The van der Waals surface area contributed by atoms with Crippen molar-refractivity contribution < 1.29 is 9.53 Å². The molecule has 2 atom stereocenters. The molecule has 0 aromatic heterocycles. The van der Waals surface area contributed by atoms with Crippen LogP contribution in [0.3, 0.4) is 0 Å². The summed E-state index contributed by atoms with van der Waals surface area (Å²) in [5.74, 6) is 1.09. The molecule has 20 heavy (non-hydrogen) atoms. The van der Waals surface area contributed by atoms with Gasteiger partial charge in [0.2, 0.25) is 0 Å². The number of halogens is 1. The van der Waals surface area contributed by atoms with Crippen LogP contribution in [-0.4, -0.2) is 18.9 Å². The van der Waals surface area contributed by atoms with Crippen LogP contribution >= 0.6 is 15.9 Å². The molecule has 0 saturated heterocycles. The normalized spacial score (nSPS) is 13.8. The average molecular weight is 342 g/mol. The SMILES string of the molecule is COc1ccc(Br)cc1CC(=O)C(C)CCCC(C)N. The first-order valence-corrected chi connectivity index (χ1v) is 7.84. The highest BCUT2D eigenvalue weighted by atomic mass is 79.9. The number of ketones is 1. The van der Waals surface area contributed by atoms with Crippen molar-refractivity contribution in [2.75, 3.05) is 7.11 Å². The first-order valence-electron chi connectivity index (χ1n) is 7.04. The average Bonchev–Trinajstić information content (AvgIpc) is 2.38. The molecule has 1 rings (SSSR count). The van der Waals surface area contributed by atoms with Gasteiger partial charge in [0.25, 0.3) is 0 Å². The molecule has 0 heterocycles. The fourth-order valence-electron chi connectivity index (χ4n) is 2.15. The van der Waals surface area contributed by atoms with Crippen molar-refractivity contribution in [2.45, 2.75) is 45.6 Å². The van der Waals surface area contributed by atoms with E-state index in [9.17, 15) is 4.79 Å². The molecule has 1 aromatic carbocycles. The summed E-state index contributed by atoms with van der Waals surface area (Å²) in [4.78, 5) is 12.3. The summed E-state index contributed by atoms with van der Waals surface area (Å²) in [6, 6.07) is 5.96. The van der Waals surface area contributed by atoms with Crippen LogP contribution in [0.5, 0.6) is 5.75 Å². The molecule has 0 saturated carbocycles. The van der Waals surface area contributed by atoms with Gasteiger partial charge in [-0.15, -0.1) is 0 Å². The molecular weight excluding hydrogens is 318 g/mol. The maximum atomic E-state index is 12.3. The van der Waals surface area contributed by atoms with E-state index in [4.69, 9.17) is 10.5 Å². The topological polar surface area (TPSA) is 52.3 Å². The Morgan fingerprint density at radius 1 is 1.35 bits per heavy atom. The van der Waals surface area contributed by atoms with Gasteiger partial charge in [0, 0.05) is 28.4 Å². The second-order valence-electron chi connectivity index (χ2n) is 5.41. The third-order valence-corrected chi connectivity index (χ3v) is 3.95. The van der Waals surface area contributed by atoms with Crippen molar-refractivity contribution in [3.63, 3.8) is 0 Å². The van der Waals surface area contributed by atoms with Gasteiger partial charge in [0.05, 0.1) is 7.11 Å². The number of methoxy groups -OCH3 is 1. The molecule has 2 N–H and O–H groups in total. The highest BCUT2D eigenvalue weighted by molar-refractivity contribution is 9.10. The molecule has 4 heteroatoms. The van der Waals surface area contributed by atoms with E-state index in [2.05, 4.69) is 15.9 Å². The quantitative estimate of drug-likeness (QED) is 0.783. The minimum absolute atomic E-state index is 0.0671. The summed E-state index contributed by atoms with van der Waals surface area (Å²) in [7, 11) is 1.63. The Morgan fingerprint density at radius 3 is 2.65 bits per heavy atom. The number of hydrogen-bond donors (Lipinski definition) is 1. The number of carbonyl (C=O) groups is 1. The van der Waals surface area contributed by atoms with Gasteiger partial charge in [-0.2, -0.15) is 0 Å². The van der Waals surface area contributed by atoms with Crippen molar-refractivity contribution >= 4 is 21.7 Å². The lowest BCUT2D eigenvalue weighted by atomic mass is 9.94. The lowest BCUT2D eigenvalue weighted by molar-refractivity contribution is -0.121. The van der Waals surface area contributed by atoms with Gasteiger partial charge in [-0.25, -0.2) is 0 Å².